The second-order valence-electron chi connectivity index (χ2n) is 7.13. The molecule has 1 N–H and O–H groups in total. The molecule has 2 aliphatic rings. The van der Waals surface area contributed by atoms with E-state index in [0.717, 1.165) is 55.3 Å². The molecule has 130 valence electrons. The number of nitrogens with one attached hydrogen (secondary N) is 1. The second-order valence-corrected chi connectivity index (χ2v) is 7.13. The molecule has 0 atom stereocenters. The van der Waals surface area contributed by atoms with Crippen molar-refractivity contribution in [3.8, 4) is 0 Å². The van der Waals surface area contributed by atoms with Crippen LogP contribution in [0, 0.1) is 0 Å². The maximum absolute atomic E-state index is 5.46. The lowest BCUT2D eigenvalue weighted by molar-refractivity contribution is 0.197. The molecule has 5 rings (SSSR count). The molecule has 3 aromatic rings. The predicted octanol–water partition coefficient (Wildman–Crippen LogP) is 2.67. The minimum absolute atomic E-state index is 0.461. The second kappa shape index (κ2) is 6.15. The van der Waals surface area contributed by atoms with Gasteiger partial charge in [-0.25, -0.2) is 0 Å². The highest BCUT2D eigenvalue weighted by atomic mass is 16.3. The van der Waals surface area contributed by atoms with E-state index in [1.165, 1.54) is 12.8 Å². The van der Waals surface area contributed by atoms with Crippen molar-refractivity contribution in [2.45, 2.75) is 44.2 Å². The number of hydrogen-bond donors (Lipinski definition) is 1. The van der Waals surface area contributed by atoms with Crippen molar-refractivity contribution in [3.63, 3.8) is 0 Å². The van der Waals surface area contributed by atoms with Gasteiger partial charge in [0.25, 0.3) is 0 Å². The quantitative estimate of drug-likeness (QED) is 0.771. The van der Waals surface area contributed by atoms with Gasteiger partial charge >= 0.3 is 0 Å². The number of furan rings is 1. The van der Waals surface area contributed by atoms with Crippen molar-refractivity contribution < 1.29 is 4.42 Å². The van der Waals surface area contributed by atoms with Crippen molar-refractivity contribution in [3.05, 3.63) is 42.2 Å². The fourth-order valence-electron chi connectivity index (χ4n) is 3.61. The van der Waals surface area contributed by atoms with Gasteiger partial charge in [-0.2, -0.15) is 9.61 Å². The molecule has 1 saturated carbocycles. The van der Waals surface area contributed by atoms with E-state index in [0.29, 0.717) is 12.0 Å². The molecule has 1 aliphatic heterocycles. The van der Waals surface area contributed by atoms with Crippen molar-refractivity contribution in [1.82, 2.24) is 24.7 Å². The fraction of sp³-hybridized carbons (Fsp3) is 0.500. The number of likely N-dealkylation sites (tertiary alicyclic amines) is 1. The molecule has 7 heteroatoms. The number of hydrogen-bond acceptors (Lipinski definition) is 6. The molecule has 0 bridgehead atoms. The summed E-state index contributed by atoms with van der Waals surface area (Å²) < 4.78 is 7.26. The lowest BCUT2D eigenvalue weighted by Gasteiger charge is -2.32. The van der Waals surface area contributed by atoms with E-state index in [1.54, 1.807) is 12.6 Å². The van der Waals surface area contributed by atoms with Crippen LogP contribution in [0.15, 0.2) is 35.2 Å². The summed E-state index contributed by atoms with van der Waals surface area (Å²) in [5.74, 6) is 1.65. The van der Waals surface area contributed by atoms with Gasteiger partial charge in [0.05, 0.1) is 24.2 Å². The van der Waals surface area contributed by atoms with E-state index in [9.17, 15) is 0 Å². The maximum Gasteiger partial charge on any atom is 0.200 e. The van der Waals surface area contributed by atoms with Crippen LogP contribution in [0.25, 0.3) is 5.65 Å². The summed E-state index contributed by atoms with van der Waals surface area (Å²) in [5, 5.41) is 16.6. The first-order valence-electron chi connectivity index (χ1n) is 9.07. The van der Waals surface area contributed by atoms with E-state index >= 15 is 0 Å². The third-order valence-electron chi connectivity index (χ3n) is 5.19. The van der Waals surface area contributed by atoms with Crippen LogP contribution < -0.4 is 5.32 Å². The largest absolute Gasteiger partial charge is 0.468 e. The first kappa shape index (κ1) is 14.9. The number of nitrogens with zero attached hydrogens (tertiary/aromatic N) is 5. The van der Waals surface area contributed by atoms with Gasteiger partial charge in [-0.1, -0.05) is 0 Å². The van der Waals surface area contributed by atoms with Crippen LogP contribution in [0.1, 0.15) is 43.1 Å². The SMILES string of the molecule is c1coc(CN2CCC(Nc3cc(C4CC4)nn4cnnc34)CC2)c1. The molecule has 3 aromatic heterocycles. The zero-order chi connectivity index (χ0) is 16.6. The molecular weight excluding hydrogens is 316 g/mol. The number of rotatable bonds is 5. The van der Waals surface area contributed by atoms with Crippen molar-refractivity contribution in [2.75, 3.05) is 18.4 Å². The monoisotopic (exact) mass is 338 g/mol. The van der Waals surface area contributed by atoms with E-state index < -0.39 is 0 Å². The zero-order valence-corrected chi connectivity index (χ0v) is 14.1. The molecule has 2 fully saturated rings. The van der Waals surface area contributed by atoms with Gasteiger partial charge < -0.3 is 9.73 Å². The molecule has 0 unspecified atom stereocenters. The number of anilines is 1. The lowest BCUT2D eigenvalue weighted by Crippen LogP contribution is -2.38. The van der Waals surface area contributed by atoms with E-state index in [2.05, 4.69) is 31.6 Å². The fourth-order valence-corrected chi connectivity index (χ4v) is 3.61. The van der Waals surface area contributed by atoms with Crippen LogP contribution in [0.4, 0.5) is 5.69 Å². The molecule has 0 aromatic carbocycles. The summed E-state index contributed by atoms with van der Waals surface area (Å²) in [6.45, 7) is 3.04. The first-order valence-corrected chi connectivity index (χ1v) is 9.07. The third-order valence-corrected chi connectivity index (χ3v) is 5.19. The van der Waals surface area contributed by atoms with Crippen LogP contribution in [0.5, 0.6) is 0 Å². The number of fused-ring (bicyclic) bond motifs is 1. The first-order chi connectivity index (χ1) is 12.3. The molecule has 0 amide bonds. The summed E-state index contributed by atoms with van der Waals surface area (Å²) in [5.41, 5.74) is 3.05. The Morgan fingerprint density at radius 3 is 2.84 bits per heavy atom. The van der Waals surface area contributed by atoms with Crippen LogP contribution in [0.3, 0.4) is 0 Å². The standard InChI is InChI=1S/C18H22N6O/c1-2-15(25-9-1)11-23-7-5-14(6-8-23)20-17-10-16(13-3-4-13)22-24-12-19-21-18(17)24/h1-2,9-10,12-14,20H,3-8,11H2. The molecule has 4 heterocycles. The normalized spacial score (nSPS) is 19.5. The van der Waals surface area contributed by atoms with Crippen molar-refractivity contribution >= 4 is 11.3 Å². The summed E-state index contributed by atoms with van der Waals surface area (Å²) in [6.07, 6.45) is 8.15. The summed E-state index contributed by atoms with van der Waals surface area (Å²) in [7, 11) is 0. The Balaban J connectivity index is 1.27. The van der Waals surface area contributed by atoms with Crippen LogP contribution in [-0.2, 0) is 6.54 Å². The summed E-state index contributed by atoms with van der Waals surface area (Å²) in [4.78, 5) is 2.45. The average Bonchev–Trinajstić information content (AvgIpc) is 3.14. The van der Waals surface area contributed by atoms with Gasteiger partial charge in [-0.3, -0.25) is 4.90 Å². The molecule has 7 nitrogen and oxygen atoms in total. The highest BCUT2D eigenvalue weighted by molar-refractivity contribution is 5.67. The Morgan fingerprint density at radius 2 is 2.08 bits per heavy atom. The summed E-state index contributed by atoms with van der Waals surface area (Å²) >= 11 is 0. The minimum atomic E-state index is 0.461. The topological polar surface area (TPSA) is 71.5 Å². The Morgan fingerprint density at radius 1 is 1.20 bits per heavy atom. The van der Waals surface area contributed by atoms with Gasteiger partial charge in [0, 0.05) is 25.0 Å². The van der Waals surface area contributed by atoms with E-state index in [1.807, 2.05) is 16.6 Å². The summed E-state index contributed by atoms with van der Waals surface area (Å²) in [6, 6.07) is 6.64. The lowest BCUT2D eigenvalue weighted by atomic mass is 10.0. The van der Waals surface area contributed by atoms with E-state index in [4.69, 9.17) is 4.42 Å². The smallest absolute Gasteiger partial charge is 0.200 e. The molecule has 0 spiro atoms. The molecule has 0 radical (unpaired) electrons. The molecule has 1 aliphatic carbocycles. The van der Waals surface area contributed by atoms with Crippen LogP contribution >= 0.6 is 0 Å². The Kier molecular flexibility index (Phi) is 3.66. The van der Waals surface area contributed by atoms with Gasteiger partial charge in [-0.05, 0) is 43.9 Å². The van der Waals surface area contributed by atoms with Crippen LogP contribution in [0.2, 0.25) is 0 Å². The minimum Gasteiger partial charge on any atom is -0.468 e. The zero-order valence-electron chi connectivity index (χ0n) is 14.1. The number of piperidine rings is 1. The van der Waals surface area contributed by atoms with Crippen molar-refractivity contribution in [1.29, 1.82) is 0 Å². The Labute approximate surface area is 146 Å². The van der Waals surface area contributed by atoms with E-state index in [-0.39, 0.29) is 0 Å². The average molecular weight is 338 g/mol. The third kappa shape index (κ3) is 3.11. The highest BCUT2D eigenvalue weighted by Crippen LogP contribution is 2.40. The Hall–Kier alpha value is -2.41. The molecular formula is C18H22N6O. The molecule has 1 saturated heterocycles. The number of aromatic nitrogens is 4. The van der Waals surface area contributed by atoms with Gasteiger partial charge in [-0.15, -0.1) is 10.2 Å². The van der Waals surface area contributed by atoms with Gasteiger partial charge in [0.2, 0.25) is 5.65 Å². The van der Waals surface area contributed by atoms with Gasteiger partial charge in [0.1, 0.15) is 12.1 Å². The van der Waals surface area contributed by atoms with Crippen molar-refractivity contribution in [2.24, 2.45) is 0 Å². The van der Waals surface area contributed by atoms with Gasteiger partial charge in [0.15, 0.2) is 0 Å². The maximum atomic E-state index is 5.46. The predicted molar refractivity (Wildman–Crippen MR) is 93.4 cm³/mol. The molecule has 25 heavy (non-hydrogen) atoms. The highest BCUT2D eigenvalue weighted by Gasteiger charge is 2.27. The van der Waals surface area contributed by atoms with Crippen LogP contribution in [-0.4, -0.2) is 43.8 Å². The Bertz CT molecular complexity index is 846.